The summed E-state index contributed by atoms with van der Waals surface area (Å²) >= 11 is 0. The Morgan fingerprint density at radius 1 is 1.78 bits per heavy atom. The van der Waals surface area contributed by atoms with Crippen molar-refractivity contribution in [2.75, 3.05) is 7.05 Å². The van der Waals surface area contributed by atoms with Gasteiger partial charge in [-0.25, -0.2) is 0 Å². The van der Waals surface area contributed by atoms with Crippen molar-refractivity contribution in [3.63, 3.8) is 0 Å². The van der Waals surface area contributed by atoms with Gasteiger partial charge in [-0.05, 0) is 0 Å². The van der Waals surface area contributed by atoms with Crippen LogP contribution in [0.1, 0.15) is 0 Å². The number of aliphatic imine (C=N–C) groups is 1. The molecule has 0 aromatic rings. The fraction of sp³-hybridized carbons (Fsp3) is 0.200. The molecule has 0 radical (unpaired) electrons. The molecular weight excluding hydrogens is 120 g/mol. The minimum absolute atomic E-state index is 0.0376. The van der Waals surface area contributed by atoms with Crippen LogP contribution in [0.4, 0.5) is 0 Å². The lowest BCUT2D eigenvalue weighted by molar-refractivity contribution is -0.125. The summed E-state index contributed by atoms with van der Waals surface area (Å²) in [6.45, 7) is 0.259. The maximum absolute atomic E-state index is 9.59. The van der Waals surface area contributed by atoms with Crippen LogP contribution >= 0.6 is 0 Å². The van der Waals surface area contributed by atoms with E-state index in [2.05, 4.69) is 9.73 Å². The smallest absolute Gasteiger partial charge is 0.299 e. The molecular formula is C5H8N2O2. The molecule has 9 heavy (non-hydrogen) atoms. The minimum Gasteiger partial charge on any atom is -0.412 e. The SMILES string of the molecule is CN=C/C=C(\N)OC=O. The molecule has 0 rings (SSSR count). The lowest BCUT2D eigenvalue weighted by Crippen LogP contribution is -2.00. The first-order valence-corrected chi connectivity index (χ1v) is 2.29. The zero-order chi connectivity index (χ0) is 7.11. The van der Waals surface area contributed by atoms with Crippen molar-refractivity contribution in [2.45, 2.75) is 0 Å². The second kappa shape index (κ2) is 4.83. The van der Waals surface area contributed by atoms with E-state index in [1.807, 2.05) is 0 Å². The zero-order valence-corrected chi connectivity index (χ0v) is 5.07. The highest BCUT2D eigenvalue weighted by Crippen LogP contribution is 1.79. The first kappa shape index (κ1) is 7.68. The topological polar surface area (TPSA) is 64.7 Å². The van der Waals surface area contributed by atoms with Gasteiger partial charge >= 0.3 is 0 Å². The third-order valence-electron chi connectivity index (χ3n) is 0.572. The second-order valence-electron chi connectivity index (χ2n) is 1.19. The number of ether oxygens (including phenoxy) is 1. The molecule has 0 amide bonds. The van der Waals surface area contributed by atoms with Crippen LogP contribution in [0.15, 0.2) is 17.0 Å². The van der Waals surface area contributed by atoms with Crippen LogP contribution in [0, 0.1) is 0 Å². The number of hydrogen-bond donors (Lipinski definition) is 1. The minimum atomic E-state index is 0.0376. The predicted molar refractivity (Wildman–Crippen MR) is 33.8 cm³/mol. The maximum Gasteiger partial charge on any atom is 0.299 e. The molecule has 0 bridgehead atoms. The van der Waals surface area contributed by atoms with Gasteiger partial charge in [0.05, 0.1) is 0 Å². The number of hydrogen-bond acceptors (Lipinski definition) is 4. The number of carbonyl (C=O) groups excluding carboxylic acids is 1. The van der Waals surface area contributed by atoms with Crippen molar-refractivity contribution >= 4 is 12.7 Å². The van der Waals surface area contributed by atoms with E-state index in [4.69, 9.17) is 5.73 Å². The molecule has 0 aliphatic carbocycles. The Kier molecular flexibility index (Phi) is 4.12. The standard InChI is InChI=1S/C5H8N2O2/c1-7-3-2-5(6)9-4-8/h2-4H,6H2,1H3/b5-2+,7-3?. The summed E-state index contributed by atoms with van der Waals surface area (Å²) in [5, 5.41) is 0. The highest BCUT2D eigenvalue weighted by atomic mass is 16.5. The Bertz CT molecular complexity index is 140. The first-order valence-electron chi connectivity index (χ1n) is 2.29. The summed E-state index contributed by atoms with van der Waals surface area (Å²) in [6, 6.07) is 0. The van der Waals surface area contributed by atoms with Crippen molar-refractivity contribution in [1.29, 1.82) is 0 Å². The molecule has 0 atom stereocenters. The van der Waals surface area contributed by atoms with Gasteiger partial charge in [0.15, 0.2) is 5.88 Å². The number of rotatable bonds is 3. The molecule has 0 heterocycles. The lowest BCUT2D eigenvalue weighted by atomic mass is 10.6. The summed E-state index contributed by atoms with van der Waals surface area (Å²) in [7, 11) is 1.59. The van der Waals surface area contributed by atoms with Gasteiger partial charge < -0.3 is 10.5 Å². The van der Waals surface area contributed by atoms with E-state index in [0.29, 0.717) is 0 Å². The van der Waals surface area contributed by atoms with Crippen molar-refractivity contribution < 1.29 is 9.53 Å². The van der Waals surface area contributed by atoms with E-state index in [1.165, 1.54) is 12.3 Å². The van der Waals surface area contributed by atoms with Crippen molar-refractivity contribution in [3.05, 3.63) is 12.0 Å². The van der Waals surface area contributed by atoms with Gasteiger partial charge in [-0.15, -0.1) is 0 Å². The van der Waals surface area contributed by atoms with E-state index in [1.54, 1.807) is 7.05 Å². The van der Waals surface area contributed by atoms with Gasteiger partial charge in [0.25, 0.3) is 6.47 Å². The molecule has 0 aliphatic heterocycles. The van der Waals surface area contributed by atoms with Crippen LogP contribution in [-0.4, -0.2) is 19.7 Å². The normalized spacial score (nSPS) is 11.9. The molecule has 4 nitrogen and oxygen atoms in total. The van der Waals surface area contributed by atoms with E-state index >= 15 is 0 Å². The fourth-order valence-electron chi connectivity index (χ4n) is 0.243. The molecule has 2 N–H and O–H groups in total. The Hall–Kier alpha value is -1.32. The average Bonchev–Trinajstić information content (AvgIpc) is 1.85. The Labute approximate surface area is 53.0 Å². The lowest BCUT2D eigenvalue weighted by Gasteiger charge is -1.90. The molecule has 4 heteroatoms. The molecule has 0 saturated heterocycles. The van der Waals surface area contributed by atoms with Crippen molar-refractivity contribution in [1.82, 2.24) is 0 Å². The third-order valence-corrected chi connectivity index (χ3v) is 0.572. The number of carbonyl (C=O) groups is 1. The Balaban J connectivity index is 3.68. The molecule has 0 aromatic carbocycles. The predicted octanol–water partition coefficient (Wildman–Crippen LogP) is -0.340. The molecule has 0 fully saturated rings. The Morgan fingerprint density at radius 2 is 2.44 bits per heavy atom. The van der Waals surface area contributed by atoms with Gasteiger partial charge in [0, 0.05) is 19.3 Å². The molecule has 0 saturated carbocycles. The average molecular weight is 128 g/mol. The molecule has 50 valence electrons. The van der Waals surface area contributed by atoms with Crippen LogP contribution in [0.3, 0.4) is 0 Å². The van der Waals surface area contributed by atoms with Gasteiger partial charge in [-0.1, -0.05) is 0 Å². The molecule has 0 unspecified atom stereocenters. The summed E-state index contributed by atoms with van der Waals surface area (Å²) in [5.41, 5.74) is 5.09. The maximum atomic E-state index is 9.59. The first-order chi connectivity index (χ1) is 4.31. The van der Waals surface area contributed by atoms with E-state index in [0.717, 1.165) is 0 Å². The number of nitrogens with zero attached hydrogens (tertiary/aromatic N) is 1. The van der Waals surface area contributed by atoms with Gasteiger partial charge in [-0.2, -0.15) is 0 Å². The second-order valence-corrected chi connectivity index (χ2v) is 1.19. The van der Waals surface area contributed by atoms with Crippen LogP contribution in [-0.2, 0) is 9.53 Å². The molecule has 0 spiro atoms. The van der Waals surface area contributed by atoms with E-state index in [9.17, 15) is 4.79 Å². The van der Waals surface area contributed by atoms with Crippen LogP contribution < -0.4 is 5.73 Å². The number of allylic oxidation sites excluding steroid dienone is 1. The zero-order valence-electron chi connectivity index (χ0n) is 5.07. The van der Waals surface area contributed by atoms with Crippen LogP contribution in [0.2, 0.25) is 0 Å². The molecule has 0 aliphatic rings. The quantitative estimate of drug-likeness (QED) is 0.321. The highest BCUT2D eigenvalue weighted by Gasteiger charge is 1.81. The van der Waals surface area contributed by atoms with E-state index < -0.39 is 0 Å². The van der Waals surface area contributed by atoms with E-state index in [-0.39, 0.29) is 12.4 Å². The monoisotopic (exact) mass is 128 g/mol. The largest absolute Gasteiger partial charge is 0.412 e. The van der Waals surface area contributed by atoms with Crippen LogP contribution in [0.25, 0.3) is 0 Å². The summed E-state index contributed by atoms with van der Waals surface area (Å²) in [6.07, 6.45) is 2.81. The fourth-order valence-corrected chi connectivity index (χ4v) is 0.243. The Morgan fingerprint density at radius 3 is 2.89 bits per heavy atom. The van der Waals surface area contributed by atoms with Crippen molar-refractivity contribution in [2.24, 2.45) is 10.7 Å². The summed E-state index contributed by atoms with van der Waals surface area (Å²) in [5.74, 6) is 0.0376. The summed E-state index contributed by atoms with van der Waals surface area (Å²) < 4.78 is 4.21. The van der Waals surface area contributed by atoms with Crippen molar-refractivity contribution in [3.8, 4) is 0 Å². The highest BCUT2D eigenvalue weighted by molar-refractivity contribution is 5.71. The summed E-state index contributed by atoms with van der Waals surface area (Å²) in [4.78, 5) is 13.2. The van der Waals surface area contributed by atoms with Crippen LogP contribution in [0.5, 0.6) is 0 Å². The molecule has 0 aromatic heterocycles. The number of nitrogens with two attached hydrogens (primary N) is 1. The van der Waals surface area contributed by atoms with Gasteiger partial charge in [0.2, 0.25) is 0 Å². The van der Waals surface area contributed by atoms with Gasteiger partial charge in [0.1, 0.15) is 0 Å². The third kappa shape index (κ3) is 4.53. The van der Waals surface area contributed by atoms with Gasteiger partial charge in [-0.3, -0.25) is 9.79 Å².